The first kappa shape index (κ1) is 19.4. The van der Waals surface area contributed by atoms with Gasteiger partial charge >= 0.3 is 0 Å². The van der Waals surface area contributed by atoms with E-state index in [1.54, 1.807) is 23.1 Å². The van der Waals surface area contributed by atoms with E-state index in [0.717, 1.165) is 10.9 Å². The molecule has 0 saturated carbocycles. The van der Waals surface area contributed by atoms with Gasteiger partial charge in [0, 0.05) is 17.6 Å². The average Bonchev–Trinajstić information content (AvgIpc) is 2.86. The number of carbonyl (C=O) groups is 1. The predicted octanol–water partition coefficient (Wildman–Crippen LogP) is 1.59. The molecule has 1 aliphatic heterocycles. The molecule has 1 atom stereocenters. The summed E-state index contributed by atoms with van der Waals surface area (Å²) in [6, 6.07) is 7.11. The number of likely N-dealkylation sites (tertiary alicyclic amines) is 1. The number of rotatable bonds is 5. The van der Waals surface area contributed by atoms with Gasteiger partial charge in [0.05, 0.1) is 5.75 Å². The third kappa shape index (κ3) is 5.53. The van der Waals surface area contributed by atoms with E-state index in [9.17, 15) is 13.2 Å². The molecule has 0 aliphatic carbocycles. The zero-order chi connectivity index (χ0) is 15.5. The van der Waals surface area contributed by atoms with Gasteiger partial charge in [0.1, 0.15) is 5.75 Å². The van der Waals surface area contributed by atoms with E-state index < -0.39 is 15.6 Å². The van der Waals surface area contributed by atoms with Crippen LogP contribution in [0.15, 0.2) is 28.7 Å². The van der Waals surface area contributed by atoms with Crippen molar-refractivity contribution in [3.8, 4) is 0 Å². The fourth-order valence-corrected chi connectivity index (χ4v) is 4.26. The second-order valence-corrected chi connectivity index (χ2v) is 8.37. The molecule has 1 saturated heterocycles. The SMILES string of the molecule is Cl.NCC1CCN(C(=O)CS(=O)(=O)Cc2cccc(Br)c2)C1. The minimum atomic E-state index is -3.46. The average molecular weight is 412 g/mol. The van der Waals surface area contributed by atoms with Gasteiger partial charge in [-0.3, -0.25) is 4.79 Å². The van der Waals surface area contributed by atoms with E-state index in [2.05, 4.69) is 15.9 Å². The van der Waals surface area contributed by atoms with Crippen LogP contribution >= 0.6 is 28.3 Å². The van der Waals surface area contributed by atoms with E-state index in [-0.39, 0.29) is 24.1 Å². The van der Waals surface area contributed by atoms with Crippen LogP contribution in [0.3, 0.4) is 0 Å². The van der Waals surface area contributed by atoms with Crippen molar-refractivity contribution in [1.82, 2.24) is 4.90 Å². The third-order valence-electron chi connectivity index (χ3n) is 3.59. The molecule has 0 bridgehead atoms. The van der Waals surface area contributed by atoms with Gasteiger partial charge in [-0.05, 0) is 36.6 Å². The van der Waals surface area contributed by atoms with Crippen LogP contribution in [-0.4, -0.2) is 44.6 Å². The smallest absolute Gasteiger partial charge is 0.237 e. The molecule has 0 radical (unpaired) electrons. The van der Waals surface area contributed by atoms with Gasteiger partial charge in [-0.15, -0.1) is 12.4 Å². The summed E-state index contributed by atoms with van der Waals surface area (Å²) in [5, 5.41) is 0. The van der Waals surface area contributed by atoms with E-state index in [0.29, 0.717) is 31.1 Å². The van der Waals surface area contributed by atoms with Crippen molar-refractivity contribution in [2.24, 2.45) is 11.7 Å². The number of nitrogens with zero attached hydrogens (tertiary/aromatic N) is 1. The molecule has 1 aromatic carbocycles. The maximum absolute atomic E-state index is 12.1. The molecule has 124 valence electrons. The molecular weight excluding hydrogens is 392 g/mol. The van der Waals surface area contributed by atoms with Crippen molar-refractivity contribution in [3.63, 3.8) is 0 Å². The van der Waals surface area contributed by atoms with E-state index >= 15 is 0 Å². The van der Waals surface area contributed by atoms with Gasteiger partial charge in [0.15, 0.2) is 9.84 Å². The Bertz CT molecular complexity index is 624. The minimum Gasteiger partial charge on any atom is -0.341 e. The van der Waals surface area contributed by atoms with Crippen LogP contribution in [0.25, 0.3) is 0 Å². The largest absolute Gasteiger partial charge is 0.341 e. The van der Waals surface area contributed by atoms with E-state index in [1.807, 2.05) is 6.07 Å². The molecule has 1 fully saturated rings. The van der Waals surface area contributed by atoms with Gasteiger partial charge in [-0.1, -0.05) is 28.1 Å². The Morgan fingerprint density at radius 1 is 1.41 bits per heavy atom. The highest BCUT2D eigenvalue weighted by Crippen LogP contribution is 2.17. The first-order valence-corrected chi connectivity index (χ1v) is 9.44. The van der Waals surface area contributed by atoms with E-state index in [4.69, 9.17) is 5.73 Å². The molecule has 1 aromatic rings. The van der Waals surface area contributed by atoms with Crippen LogP contribution in [0.5, 0.6) is 0 Å². The number of sulfone groups is 1. The molecule has 1 amide bonds. The normalized spacial score (nSPS) is 18.1. The molecular formula is C14H20BrClN2O3S. The summed E-state index contributed by atoms with van der Waals surface area (Å²) >= 11 is 3.31. The van der Waals surface area contributed by atoms with Gasteiger partial charge in [-0.2, -0.15) is 0 Å². The number of nitrogens with two attached hydrogens (primary N) is 1. The highest BCUT2D eigenvalue weighted by molar-refractivity contribution is 9.10. The molecule has 2 N–H and O–H groups in total. The third-order valence-corrected chi connectivity index (χ3v) is 5.54. The van der Waals surface area contributed by atoms with Crippen molar-refractivity contribution < 1.29 is 13.2 Å². The quantitative estimate of drug-likeness (QED) is 0.798. The lowest BCUT2D eigenvalue weighted by Crippen LogP contribution is -2.35. The first-order valence-electron chi connectivity index (χ1n) is 6.82. The number of carbonyl (C=O) groups excluding carboxylic acids is 1. The highest BCUT2D eigenvalue weighted by Gasteiger charge is 2.28. The molecule has 0 aromatic heterocycles. The maximum atomic E-state index is 12.1. The lowest BCUT2D eigenvalue weighted by Gasteiger charge is -2.16. The molecule has 8 heteroatoms. The molecule has 22 heavy (non-hydrogen) atoms. The number of amides is 1. The van der Waals surface area contributed by atoms with Gasteiger partial charge in [0.25, 0.3) is 0 Å². The summed E-state index contributed by atoms with van der Waals surface area (Å²) in [4.78, 5) is 13.7. The van der Waals surface area contributed by atoms with Crippen molar-refractivity contribution >= 4 is 44.1 Å². The Labute approximate surface area is 145 Å². The Morgan fingerprint density at radius 3 is 2.73 bits per heavy atom. The number of hydrogen-bond donors (Lipinski definition) is 1. The Balaban J connectivity index is 0.00000242. The summed E-state index contributed by atoms with van der Waals surface area (Å²) in [5.41, 5.74) is 6.26. The zero-order valence-corrected chi connectivity index (χ0v) is 15.3. The fraction of sp³-hybridized carbons (Fsp3) is 0.500. The lowest BCUT2D eigenvalue weighted by molar-refractivity contribution is -0.127. The van der Waals surface area contributed by atoms with Gasteiger partial charge in [-0.25, -0.2) is 8.42 Å². The topological polar surface area (TPSA) is 80.5 Å². The standard InChI is InChI=1S/C14H19BrN2O3S.ClH/c15-13-3-1-2-11(6-13)9-21(19,20)10-14(18)17-5-4-12(7-16)8-17;/h1-3,6,12H,4-5,7-10,16H2;1H. The monoisotopic (exact) mass is 410 g/mol. The number of hydrogen-bond acceptors (Lipinski definition) is 4. The molecule has 1 aliphatic rings. The maximum Gasteiger partial charge on any atom is 0.237 e. The van der Waals surface area contributed by atoms with Crippen LogP contribution in [-0.2, 0) is 20.4 Å². The Kier molecular flexibility index (Phi) is 7.31. The van der Waals surface area contributed by atoms with Crippen molar-refractivity contribution in [2.75, 3.05) is 25.4 Å². The number of benzene rings is 1. The van der Waals surface area contributed by atoms with Crippen LogP contribution in [0, 0.1) is 5.92 Å². The predicted molar refractivity (Wildman–Crippen MR) is 92.6 cm³/mol. The van der Waals surface area contributed by atoms with E-state index in [1.165, 1.54) is 0 Å². The first-order chi connectivity index (χ1) is 9.89. The summed E-state index contributed by atoms with van der Waals surface area (Å²) < 4.78 is 25.1. The second-order valence-electron chi connectivity index (χ2n) is 5.39. The molecule has 5 nitrogen and oxygen atoms in total. The molecule has 2 rings (SSSR count). The van der Waals surface area contributed by atoms with Crippen LogP contribution < -0.4 is 5.73 Å². The van der Waals surface area contributed by atoms with Crippen LogP contribution in [0.1, 0.15) is 12.0 Å². The zero-order valence-electron chi connectivity index (χ0n) is 12.1. The van der Waals surface area contributed by atoms with Gasteiger partial charge in [0.2, 0.25) is 5.91 Å². The van der Waals surface area contributed by atoms with Crippen molar-refractivity contribution in [1.29, 1.82) is 0 Å². The Morgan fingerprint density at radius 2 is 2.14 bits per heavy atom. The Hall–Kier alpha value is -0.630. The molecule has 1 unspecified atom stereocenters. The lowest BCUT2D eigenvalue weighted by atomic mass is 10.1. The van der Waals surface area contributed by atoms with Gasteiger partial charge < -0.3 is 10.6 Å². The summed E-state index contributed by atoms with van der Waals surface area (Å²) in [5.74, 6) is -0.578. The summed E-state index contributed by atoms with van der Waals surface area (Å²) in [7, 11) is -3.46. The fourth-order valence-electron chi connectivity index (χ4n) is 2.46. The van der Waals surface area contributed by atoms with Crippen molar-refractivity contribution in [3.05, 3.63) is 34.3 Å². The number of halogens is 2. The summed E-state index contributed by atoms with van der Waals surface area (Å²) in [6.45, 7) is 1.71. The second kappa shape index (κ2) is 8.29. The summed E-state index contributed by atoms with van der Waals surface area (Å²) in [6.07, 6.45) is 0.855. The minimum absolute atomic E-state index is 0. The highest BCUT2D eigenvalue weighted by atomic mass is 79.9. The van der Waals surface area contributed by atoms with Crippen molar-refractivity contribution in [2.45, 2.75) is 12.2 Å². The molecule has 1 heterocycles. The van der Waals surface area contributed by atoms with Crippen LogP contribution in [0.4, 0.5) is 0 Å². The van der Waals surface area contributed by atoms with Crippen LogP contribution in [0.2, 0.25) is 0 Å². The molecule has 0 spiro atoms.